The molecule has 0 N–H and O–H groups in total. The van der Waals surface area contributed by atoms with Crippen LogP contribution in [0.1, 0.15) is 23.2 Å². The lowest BCUT2D eigenvalue weighted by molar-refractivity contribution is -0.140. The first-order chi connectivity index (χ1) is 8.08. The topological polar surface area (TPSA) is 52.6 Å². The van der Waals surface area contributed by atoms with Gasteiger partial charge in [-0.05, 0) is 18.2 Å². The predicted octanol–water partition coefficient (Wildman–Crippen LogP) is 1.97. The molecule has 5 heteroatoms. The third kappa shape index (κ3) is 3.55. The number of carbonyl (C=O) groups is 2. The van der Waals surface area contributed by atoms with Gasteiger partial charge in [0.25, 0.3) is 0 Å². The van der Waals surface area contributed by atoms with Gasteiger partial charge in [-0.3, -0.25) is 9.59 Å². The van der Waals surface area contributed by atoms with E-state index in [2.05, 4.69) is 4.74 Å². The molecule has 4 nitrogen and oxygen atoms in total. The maximum absolute atomic E-state index is 13.3. The first kappa shape index (κ1) is 13.2. The Hall–Kier alpha value is -1.91. The van der Waals surface area contributed by atoms with Crippen LogP contribution in [-0.2, 0) is 9.53 Å². The largest absolute Gasteiger partial charge is 0.494 e. The minimum atomic E-state index is -0.601. The number of halogens is 1. The van der Waals surface area contributed by atoms with Gasteiger partial charge in [0.2, 0.25) is 0 Å². The highest BCUT2D eigenvalue weighted by atomic mass is 19.1. The number of Topliss-reactive ketones (excluding diaryl/α,β-unsaturated/α-hetero) is 1. The smallest absolute Gasteiger partial charge is 0.305 e. The number of benzene rings is 1. The van der Waals surface area contributed by atoms with Crippen LogP contribution in [0.25, 0.3) is 0 Å². The van der Waals surface area contributed by atoms with E-state index in [1.807, 2.05) is 0 Å². The fourth-order valence-corrected chi connectivity index (χ4v) is 1.30. The van der Waals surface area contributed by atoms with Crippen molar-refractivity contribution in [2.45, 2.75) is 12.8 Å². The summed E-state index contributed by atoms with van der Waals surface area (Å²) in [6.45, 7) is 0. The lowest BCUT2D eigenvalue weighted by Gasteiger charge is -2.04. The van der Waals surface area contributed by atoms with Crippen molar-refractivity contribution in [3.63, 3.8) is 0 Å². The fraction of sp³-hybridized carbons (Fsp3) is 0.333. The number of ether oxygens (including phenoxy) is 2. The molecule has 0 saturated carbocycles. The summed E-state index contributed by atoms with van der Waals surface area (Å²) in [5.41, 5.74) is 0.215. The Morgan fingerprint density at radius 3 is 2.47 bits per heavy atom. The van der Waals surface area contributed by atoms with Crippen LogP contribution in [-0.4, -0.2) is 26.0 Å². The molecule has 0 bridgehead atoms. The van der Waals surface area contributed by atoms with Crippen molar-refractivity contribution in [1.82, 2.24) is 0 Å². The van der Waals surface area contributed by atoms with Crippen molar-refractivity contribution in [3.05, 3.63) is 29.6 Å². The molecule has 1 aromatic carbocycles. The molecule has 0 atom stereocenters. The highest BCUT2D eigenvalue weighted by Crippen LogP contribution is 2.18. The summed E-state index contributed by atoms with van der Waals surface area (Å²) in [6.07, 6.45) is -0.0125. The van der Waals surface area contributed by atoms with E-state index >= 15 is 0 Å². The molecule has 92 valence electrons. The summed E-state index contributed by atoms with van der Waals surface area (Å²) < 4.78 is 22.5. The molecule has 17 heavy (non-hydrogen) atoms. The van der Waals surface area contributed by atoms with Crippen LogP contribution in [0.15, 0.2) is 18.2 Å². The SMILES string of the molecule is COC(=O)CCC(=O)c1ccc(OC)c(F)c1. The average molecular weight is 240 g/mol. The van der Waals surface area contributed by atoms with Crippen LogP contribution in [0.4, 0.5) is 4.39 Å². The van der Waals surface area contributed by atoms with Crippen LogP contribution in [0, 0.1) is 5.82 Å². The monoisotopic (exact) mass is 240 g/mol. The quantitative estimate of drug-likeness (QED) is 0.583. The first-order valence-electron chi connectivity index (χ1n) is 5.02. The lowest BCUT2D eigenvalue weighted by Crippen LogP contribution is -2.06. The van der Waals surface area contributed by atoms with Crippen LogP contribution >= 0.6 is 0 Å². The van der Waals surface area contributed by atoms with Crippen molar-refractivity contribution < 1.29 is 23.5 Å². The molecule has 1 rings (SSSR count). The summed E-state index contributed by atoms with van der Waals surface area (Å²) in [5.74, 6) is -1.30. The molecule has 0 aliphatic heterocycles. The molecule has 0 amide bonds. The number of hydrogen-bond acceptors (Lipinski definition) is 4. The summed E-state index contributed by atoms with van der Waals surface area (Å²) in [4.78, 5) is 22.4. The molecule has 0 spiro atoms. The van der Waals surface area contributed by atoms with Crippen LogP contribution in [0.5, 0.6) is 5.75 Å². The molecule has 0 fully saturated rings. The molecule has 0 radical (unpaired) electrons. The average Bonchev–Trinajstić information content (AvgIpc) is 2.35. The fourth-order valence-electron chi connectivity index (χ4n) is 1.30. The Morgan fingerprint density at radius 1 is 1.24 bits per heavy atom. The second-order valence-corrected chi connectivity index (χ2v) is 3.35. The normalized spacial score (nSPS) is 9.82. The van der Waals surface area contributed by atoms with E-state index in [0.717, 1.165) is 6.07 Å². The number of methoxy groups -OCH3 is 2. The van der Waals surface area contributed by atoms with Gasteiger partial charge < -0.3 is 9.47 Å². The first-order valence-corrected chi connectivity index (χ1v) is 5.02. The summed E-state index contributed by atoms with van der Waals surface area (Å²) >= 11 is 0. The molecule has 0 aromatic heterocycles. The Labute approximate surface area is 98.3 Å². The van der Waals surface area contributed by atoms with Gasteiger partial charge in [0.15, 0.2) is 17.3 Å². The predicted molar refractivity (Wildman–Crippen MR) is 58.5 cm³/mol. The van der Waals surface area contributed by atoms with Crippen LogP contribution in [0.2, 0.25) is 0 Å². The Kier molecular flexibility index (Phi) is 4.63. The number of ketones is 1. The molecule has 0 aliphatic carbocycles. The maximum Gasteiger partial charge on any atom is 0.305 e. The summed E-state index contributed by atoms with van der Waals surface area (Å²) in [7, 11) is 2.59. The van der Waals surface area contributed by atoms with Gasteiger partial charge in [-0.2, -0.15) is 0 Å². The molecule has 0 heterocycles. The number of carbonyl (C=O) groups excluding carboxylic acids is 2. The molecule has 0 aliphatic rings. The highest BCUT2D eigenvalue weighted by molar-refractivity contribution is 5.97. The Bertz CT molecular complexity index is 429. The second kappa shape index (κ2) is 5.98. The van der Waals surface area contributed by atoms with E-state index < -0.39 is 11.8 Å². The third-order valence-corrected chi connectivity index (χ3v) is 2.26. The van der Waals surface area contributed by atoms with Gasteiger partial charge >= 0.3 is 5.97 Å². The molecule has 0 saturated heterocycles. The van der Waals surface area contributed by atoms with E-state index in [9.17, 15) is 14.0 Å². The van der Waals surface area contributed by atoms with E-state index in [-0.39, 0.29) is 29.9 Å². The van der Waals surface area contributed by atoms with Gasteiger partial charge in [0.1, 0.15) is 0 Å². The Balaban J connectivity index is 2.69. The zero-order chi connectivity index (χ0) is 12.8. The number of esters is 1. The van der Waals surface area contributed by atoms with E-state index in [4.69, 9.17) is 4.74 Å². The minimum absolute atomic E-state index is 0.00155. The molecule has 0 unspecified atom stereocenters. The second-order valence-electron chi connectivity index (χ2n) is 3.35. The molecular weight excluding hydrogens is 227 g/mol. The zero-order valence-corrected chi connectivity index (χ0v) is 9.66. The van der Waals surface area contributed by atoms with Crippen LogP contribution in [0.3, 0.4) is 0 Å². The highest BCUT2D eigenvalue weighted by Gasteiger charge is 2.12. The summed E-state index contributed by atoms with van der Waals surface area (Å²) in [6, 6.07) is 3.93. The lowest BCUT2D eigenvalue weighted by atomic mass is 10.1. The third-order valence-electron chi connectivity index (χ3n) is 2.26. The van der Waals surface area contributed by atoms with E-state index in [0.29, 0.717) is 0 Å². The Morgan fingerprint density at radius 2 is 1.94 bits per heavy atom. The van der Waals surface area contributed by atoms with Gasteiger partial charge in [0, 0.05) is 12.0 Å². The van der Waals surface area contributed by atoms with Gasteiger partial charge in [0.05, 0.1) is 20.6 Å². The minimum Gasteiger partial charge on any atom is -0.494 e. The van der Waals surface area contributed by atoms with Crippen molar-refractivity contribution in [2.24, 2.45) is 0 Å². The van der Waals surface area contributed by atoms with Crippen molar-refractivity contribution >= 4 is 11.8 Å². The van der Waals surface area contributed by atoms with Crippen molar-refractivity contribution in [3.8, 4) is 5.75 Å². The van der Waals surface area contributed by atoms with Gasteiger partial charge in [-0.15, -0.1) is 0 Å². The van der Waals surface area contributed by atoms with Crippen molar-refractivity contribution in [1.29, 1.82) is 0 Å². The zero-order valence-electron chi connectivity index (χ0n) is 9.66. The van der Waals surface area contributed by atoms with Crippen LogP contribution < -0.4 is 4.74 Å². The molecule has 1 aromatic rings. The number of rotatable bonds is 5. The van der Waals surface area contributed by atoms with Gasteiger partial charge in [-0.25, -0.2) is 4.39 Å². The van der Waals surface area contributed by atoms with E-state index in [1.165, 1.54) is 26.4 Å². The van der Waals surface area contributed by atoms with Gasteiger partial charge in [-0.1, -0.05) is 0 Å². The number of hydrogen-bond donors (Lipinski definition) is 0. The standard InChI is InChI=1S/C12H13FO4/c1-16-11-5-3-8(7-9(11)13)10(14)4-6-12(15)17-2/h3,5,7H,4,6H2,1-2H3. The van der Waals surface area contributed by atoms with Crippen molar-refractivity contribution in [2.75, 3.05) is 14.2 Å². The summed E-state index contributed by atoms with van der Waals surface area (Å²) in [5, 5.41) is 0. The maximum atomic E-state index is 13.3. The van der Waals surface area contributed by atoms with E-state index in [1.54, 1.807) is 0 Å². The molecular formula is C12H13FO4.